The van der Waals surface area contributed by atoms with Crippen LogP contribution in [0.1, 0.15) is 10.4 Å². The molecule has 0 spiro atoms. The Kier molecular flexibility index (Phi) is 7.76. The smallest absolute Gasteiger partial charge is 0.337 e. The fraction of sp³-hybridized carbons (Fsp3) is 0.263. The maximum atomic E-state index is 11.9. The van der Waals surface area contributed by atoms with Gasteiger partial charge in [0.15, 0.2) is 0 Å². The van der Waals surface area contributed by atoms with E-state index in [9.17, 15) is 9.59 Å². The molecule has 8 heteroatoms. The molecule has 0 saturated carbocycles. The molecule has 2 N–H and O–H groups in total. The Morgan fingerprint density at radius 2 is 1.74 bits per heavy atom. The first-order valence-corrected chi connectivity index (χ1v) is 8.56. The van der Waals surface area contributed by atoms with Crippen LogP contribution in [0.3, 0.4) is 0 Å². The summed E-state index contributed by atoms with van der Waals surface area (Å²) < 4.78 is 15.3. The van der Waals surface area contributed by atoms with Gasteiger partial charge in [0.1, 0.15) is 18.1 Å². The van der Waals surface area contributed by atoms with E-state index in [-0.39, 0.29) is 12.5 Å². The zero-order chi connectivity index (χ0) is 19.6. The minimum absolute atomic E-state index is 0.00683. The largest absolute Gasteiger partial charge is 0.497 e. The molecule has 7 nitrogen and oxygen atoms in total. The van der Waals surface area contributed by atoms with E-state index in [1.165, 1.54) is 13.2 Å². The molecular weight excluding hydrogens is 372 g/mol. The Bertz CT molecular complexity index is 780. The molecule has 0 atom stereocenters. The van der Waals surface area contributed by atoms with Crippen LogP contribution >= 0.6 is 11.6 Å². The van der Waals surface area contributed by atoms with Gasteiger partial charge in [0.2, 0.25) is 5.91 Å². The number of halogens is 1. The third kappa shape index (κ3) is 6.38. The van der Waals surface area contributed by atoms with Crippen LogP contribution in [0.4, 0.5) is 5.69 Å². The van der Waals surface area contributed by atoms with Gasteiger partial charge in [-0.15, -0.1) is 0 Å². The van der Waals surface area contributed by atoms with Crippen molar-refractivity contribution in [2.45, 2.75) is 0 Å². The zero-order valence-corrected chi connectivity index (χ0v) is 15.8. The highest BCUT2D eigenvalue weighted by Gasteiger charge is 2.10. The number of hydrogen-bond acceptors (Lipinski definition) is 6. The lowest BCUT2D eigenvalue weighted by Gasteiger charge is -2.11. The van der Waals surface area contributed by atoms with Crippen LogP contribution in [0, 0.1) is 0 Å². The van der Waals surface area contributed by atoms with Crippen molar-refractivity contribution >= 4 is 29.2 Å². The molecule has 2 rings (SSSR count). The van der Waals surface area contributed by atoms with Gasteiger partial charge in [0.25, 0.3) is 0 Å². The third-order valence-electron chi connectivity index (χ3n) is 3.58. The Hall–Kier alpha value is -2.93. The lowest BCUT2D eigenvalue weighted by molar-refractivity contribution is -0.119. The number of nitrogens with one attached hydrogen (secondary N) is 2. The minimum Gasteiger partial charge on any atom is -0.497 e. The summed E-state index contributed by atoms with van der Waals surface area (Å²) in [6.07, 6.45) is 0. The zero-order valence-electron chi connectivity index (χ0n) is 15.1. The molecule has 144 valence electrons. The van der Waals surface area contributed by atoms with Gasteiger partial charge in [0, 0.05) is 0 Å². The van der Waals surface area contributed by atoms with E-state index in [1.54, 1.807) is 43.5 Å². The molecule has 0 aliphatic heterocycles. The van der Waals surface area contributed by atoms with Crippen molar-refractivity contribution in [2.24, 2.45) is 0 Å². The van der Waals surface area contributed by atoms with Gasteiger partial charge in [-0.25, -0.2) is 4.79 Å². The molecule has 27 heavy (non-hydrogen) atoms. The van der Waals surface area contributed by atoms with Gasteiger partial charge in [-0.1, -0.05) is 11.6 Å². The van der Waals surface area contributed by atoms with Gasteiger partial charge in [-0.3, -0.25) is 4.79 Å². The summed E-state index contributed by atoms with van der Waals surface area (Å²) in [6, 6.07) is 11.8. The number of rotatable bonds is 9. The molecule has 1 amide bonds. The molecule has 0 aliphatic carbocycles. The van der Waals surface area contributed by atoms with Crippen molar-refractivity contribution in [2.75, 3.05) is 39.2 Å². The Morgan fingerprint density at radius 1 is 1.04 bits per heavy atom. The summed E-state index contributed by atoms with van der Waals surface area (Å²) >= 11 is 6.07. The summed E-state index contributed by atoms with van der Waals surface area (Å²) in [6.45, 7) is 0.687. The van der Waals surface area contributed by atoms with Crippen molar-refractivity contribution in [3.05, 3.63) is 53.1 Å². The first-order chi connectivity index (χ1) is 13.0. The van der Waals surface area contributed by atoms with Crippen LogP contribution in [0.5, 0.6) is 11.5 Å². The van der Waals surface area contributed by atoms with E-state index in [4.69, 9.17) is 21.1 Å². The second-order valence-corrected chi connectivity index (χ2v) is 5.82. The van der Waals surface area contributed by atoms with Crippen LogP contribution < -0.4 is 20.1 Å². The second-order valence-electron chi connectivity index (χ2n) is 5.41. The Balaban J connectivity index is 1.73. The Morgan fingerprint density at radius 3 is 2.41 bits per heavy atom. The standard InChI is InChI=1S/C19H21ClN2O5/c1-25-14-4-6-15(7-5-14)27-10-9-21-18(23)12-22-17-11-13(19(24)26-2)3-8-16(17)20/h3-8,11,22H,9-10,12H2,1-2H3,(H,21,23). The molecule has 2 aromatic carbocycles. The summed E-state index contributed by atoms with van der Waals surface area (Å²) in [5.41, 5.74) is 0.821. The van der Waals surface area contributed by atoms with Crippen LogP contribution in [0.15, 0.2) is 42.5 Å². The van der Waals surface area contributed by atoms with E-state index in [0.717, 1.165) is 5.75 Å². The first kappa shape index (κ1) is 20.4. The monoisotopic (exact) mass is 392 g/mol. The van der Waals surface area contributed by atoms with Crippen LogP contribution in [-0.4, -0.2) is 45.8 Å². The number of hydrogen-bond donors (Lipinski definition) is 2. The number of amides is 1. The highest BCUT2D eigenvalue weighted by Crippen LogP contribution is 2.23. The average Bonchev–Trinajstić information content (AvgIpc) is 2.70. The molecule has 0 saturated heterocycles. The van der Waals surface area contributed by atoms with Gasteiger partial charge in [-0.2, -0.15) is 0 Å². The summed E-state index contributed by atoms with van der Waals surface area (Å²) in [5, 5.41) is 6.03. The number of methoxy groups -OCH3 is 2. The summed E-state index contributed by atoms with van der Waals surface area (Å²) in [5.74, 6) is 0.731. The SMILES string of the molecule is COC(=O)c1ccc(Cl)c(NCC(=O)NCCOc2ccc(OC)cc2)c1. The number of ether oxygens (including phenoxy) is 3. The molecule has 0 unspecified atom stereocenters. The van der Waals surface area contributed by atoms with Crippen molar-refractivity contribution in [1.29, 1.82) is 0 Å². The molecule has 2 aromatic rings. The second kappa shape index (κ2) is 10.3. The van der Waals surface area contributed by atoms with E-state index in [1.807, 2.05) is 0 Å². The topological polar surface area (TPSA) is 85.9 Å². The fourth-order valence-corrected chi connectivity index (χ4v) is 2.36. The molecule has 0 fully saturated rings. The quantitative estimate of drug-likeness (QED) is 0.504. The number of anilines is 1. The van der Waals surface area contributed by atoms with Gasteiger partial charge < -0.3 is 24.8 Å². The van der Waals surface area contributed by atoms with Crippen molar-refractivity contribution in [3.63, 3.8) is 0 Å². The predicted octanol–water partition coefficient (Wildman–Crippen LogP) is 2.74. The number of carbonyl (C=O) groups is 2. The van der Waals surface area contributed by atoms with E-state index >= 15 is 0 Å². The van der Waals surface area contributed by atoms with Gasteiger partial charge in [-0.05, 0) is 42.5 Å². The van der Waals surface area contributed by atoms with E-state index in [2.05, 4.69) is 15.4 Å². The average molecular weight is 393 g/mol. The maximum Gasteiger partial charge on any atom is 0.337 e. The predicted molar refractivity (Wildman–Crippen MR) is 103 cm³/mol. The lowest BCUT2D eigenvalue weighted by Crippen LogP contribution is -2.33. The molecule has 0 bridgehead atoms. The minimum atomic E-state index is -0.477. The molecular formula is C19H21ClN2O5. The molecule has 0 radical (unpaired) electrons. The van der Waals surface area contributed by atoms with Gasteiger partial charge >= 0.3 is 5.97 Å². The van der Waals surface area contributed by atoms with Crippen molar-refractivity contribution in [1.82, 2.24) is 5.32 Å². The number of esters is 1. The lowest BCUT2D eigenvalue weighted by atomic mass is 10.2. The van der Waals surface area contributed by atoms with E-state index < -0.39 is 5.97 Å². The third-order valence-corrected chi connectivity index (χ3v) is 3.91. The van der Waals surface area contributed by atoms with Crippen LogP contribution in [0.2, 0.25) is 5.02 Å². The van der Waals surface area contributed by atoms with Crippen LogP contribution in [0.25, 0.3) is 0 Å². The number of carbonyl (C=O) groups excluding carboxylic acids is 2. The Labute approximate surface area is 162 Å². The number of benzene rings is 2. The van der Waals surface area contributed by atoms with Crippen LogP contribution in [-0.2, 0) is 9.53 Å². The summed E-state index contributed by atoms with van der Waals surface area (Å²) in [7, 11) is 2.89. The van der Waals surface area contributed by atoms with Crippen molar-refractivity contribution in [3.8, 4) is 11.5 Å². The molecule has 0 heterocycles. The normalized spacial score (nSPS) is 10.0. The highest BCUT2D eigenvalue weighted by atomic mass is 35.5. The highest BCUT2D eigenvalue weighted by molar-refractivity contribution is 6.33. The summed E-state index contributed by atoms with van der Waals surface area (Å²) in [4.78, 5) is 23.5. The fourth-order valence-electron chi connectivity index (χ4n) is 2.17. The first-order valence-electron chi connectivity index (χ1n) is 8.18. The van der Waals surface area contributed by atoms with Crippen molar-refractivity contribution < 1.29 is 23.8 Å². The van der Waals surface area contributed by atoms with E-state index in [0.29, 0.717) is 35.2 Å². The van der Waals surface area contributed by atoms with Gasteiger partial charge in [0.05, 0.1) is 43.6 Å². The molecule has 0 aromatic heterocycles. The molecule has 0 aliphatic rings. The maximum absolute atomic E-state index is 11.9.